The lowest BCUT2D eigenvalue weighted by Crippen LogP contribution is -2.64. The Morgan fingerprint density at radius 3 is 2.36 bits per heavy atom. The molecule has 50 heavy (non-hydrogen) atoms. The lowest BCUT2D eigenvalue weighted by molar-refractivity contribution is -0.311. The minimum absolute atomic E-state index is 0.0259. The summed E-state index contributed by atoms with van der Waals surface area (Å²) in [7, 11) is 0. The smallest absolute Gasteiger partial charge is 0.186 e. The first-order valence-electron chi connectivity index (χ1n) is 18.3. The van der Waals surface area contributed by atoms with Crippen molar-refractivity contribution < 1.29 is 44.5 Å². The van der Waals surface area contributed by atoms with Crippen LogP contribution < -0.4 is 11.5 Å². The quantitative estimate of drug-likeness (QED) is 0.0851. The van der Waals surface area contributed by atoms with Crippen molar-refractivity contribution in [3.05, 3.63) is 24.8 Å². The van der Waals surface area contributed by atoms with Gasteiger partial charge in [-0.2, -0.15) is 5.10 Å². The highest BCUT2D eigenvalue weighted by Crippen LogP contribution is 2.39. The fourth-order valence-electron chi connectivity index (χ4n) is 6.83. The molecule has 3 rings (SSSR count). The van der Waals surface area contributed by atoms with Gasteiger partial charge in [0.1, 0.15) is 24.5 Å². The van der Waals surface area contributed by atoms with Crippen LogP contribution in [0.1, 0.15) is 79.6 Å². The van der Waals surface area contributed by atoms with Crippen molar-refractivity contribution in [2.45, 2.75) is 147 Å². The van der Waals surface area contributed by atoms with E-state index in [4.69, 9.17) is 25.7 Å². The van der Waals surface area contributed by atoms with Crippen LogP contribution in [0.2, 0.25) is 0 Å². The Labute approximate surface area is 297 Å². The number of rotatable bonds is 21. The van der Waals surface area contributed by atoms with Gasteiger partial charge < -0.3 is 51.2 Å². The van der Waals surface area contributed by atoms with Crippen LogP contribution in [0.25, 0.3) is 0 Å². The lowest BCUT2D eigenvalue weighted by Gasteiger charge is -2.48. The van der Waals surface area contributed by atoms with Gasteiger partial charge in [0.05, 0.1) is 48.6 Å². The zero-order chi connectivity index (χ0) is 37.0. The molecule has 1 aromatic heterocycles. The first kappa shape index (κ1) is 42.5. The summed E-state index contributed by atoms with van der Waals surface area (Å²) in [4.78, 5) is 19.7. The van der Waals surface area contributed by atoms with Crippen molar-refractivity contribution in [2.75, 3.05) is 26.2 Å². The second-order valence-corrected chi connectivity index (χ2v) is 14.7. The summed E-state index contributed by atoms with van der Waals surface area (Å²) in [6.45, 7) is 11.8. The highest BCUT2D eigenvalue weighted by Gasteiger charge is 2.51. The number of aromatic nitrogens is 3. The number of ether oxygens (including phenoxy) is 3. The topological polar surface area (TPSA) is 232 Å². The minimum atomic E-state index is -1.89. The number of aliphatic hydroxyl groups excluding tert-OH is 4. The number of hydrogen-bond acceptors (Lipinski definition) is 14. The maximum atomic E-state index is 13.8. The number of allylic oxidation sites excluding steroid dienone is 1. The van der Waals surface area contributed by atoms with Gasteiger partial charge >= 0.3 is 0 Å². The summed E-state index contributed by atoms with van der Waals surface area (Å²) < 4.78 is 20.4. The van der Waals surface area contributed by atoms with E-state index in [1.54, 1.807) is 17.9 Å². The van der Waals surface area contributed by atoms with E-state index in [0.717, 1.165) is 0 Å². The van der Waals surface area contributed by atoms with E-state index in [2.05, 4.69) is 10.1 Å². The van der Waals surface area contributed by atoms with Crippen molar-refractivity contribution in [1.29, 1.82) is 0 Å². The number of carbonyl (C=O) groups is 1. The third kappa shape index (κ3) is 12.4. The molecule has 0 amide bonds. The van der Waals surface area contributed by atoms with Gasteiger partial charge in [0.2, 0.25) is 0 Å². The van der Waals surface area contributed by atoms with E-state index < -0.39 is 66.8 Å². The third-order valence-electron chi connectivity index (χ3n) is 9.67. The second-order valence-electron chi connectivity index (χ2n) is 14.7. The van der Waals surface area contributed by atoms with Crippen LogP contribution in [-0.2, 0) is 25.5 Å². The molecule has 0 saturated carbocycles. The van der Waals surface area contributed by atoms with Crippen LogP contribution in [0.5, 0.6) is 0 Å². The van der Waals surface area contributed by atoms with Crippen molar-refractivity contribution in [3.8, 4) is 0 Å². The molecule has 11 atom stereocenters. The fraction of sp³-hybridized carbons (Fsp3) is 0.857. The number of ketones is 1. The van der Waals surface area contributed by atoms with Crippen molar-refractivity contribution in [3.63, 3.8) is 0 Å². The Hall–Kier alpha value is -1.89. The lowest BCUT2D eigenvalue weighted by atomic mass is 9.79. The van der Waals surface area contributed by atoms with Gasteiger partial charge in [-0.15, -0.1) is 0 Å². The van der Waals surface area contributed by atoms with Crippen molar-refractivity contribution in [1.82, 2.24) is 19.7 Å². The Bertz CT molecular complexity index is 1140. The van der Waals surface area contributed by atoms with Gasteiger partial charge in [-0.1, -0.05) is 39.8 Å². The predicted octanol–water partition coefficient (Wildman–Crippen LogP) is 0.311. The molecule has 0 bridgehead atoms. The number of nitrogens with two attached hydrogens (primary N) is 2. The van der Waals surface area contributed by atoms with Gasteiger partial charge in [0.25, 0.3) is 0 Å². The molecular formula is C35H64N6O9. The van der Waals surface area contributed by atoms with Crippen molar-refractivity contribution >= 4 is 5.78 Å². The Balaban J connectivity index is 1.90. The number of Topliss-reactive ketones (excluding diaryl/α,β-unsaturated/α-hetero) is 1. The summed E-state index contributed by atoms with van der Waals surface area (Å²) >= 11 is 0. The Kier molecular flexibility index (Phi) is 17.3. The second kappa shape index (κ2) is 20.4. The van der Waals surface area contributed by atoms with E-state index >= 15 is 0 Å². The Morgan fingerprint density at radius 2 is 1.78 bits per heavy atom. The van der Waals surface area contributed by atoms with Gasteiger partial charge in [-0.25, -0.2) is 4.98 Å². The van der Waals surface area contributed by atoms with Gasteiger partial charge in [0.15, 0.2) is 12.1 Å². The SMILES string of the molecule is CC(C)/C=C/[C@@H](CC1O[C@](O)(C[C@@H](O)C(C)C)C[C@H](O)[C@H]1C(=O)CCCn1cncn1)OC1OC(C)C(O)C(N(CCCN)CCCN)C1O. The molecule has 2 aliphatic heterocycles. The molecule has 288 valence electrons. The van der Waals surface area contributed by atoms with Crippen molar-refractivity contribution in [2.24, 2.45) is 29.2 Å². The normalized spacial score (nSPS) is 32.0. The van der Waals surface area contributed by atoms with E-state index in [-0.39, 0.29) is 43.3 Å². The molecule has 0 spiro atoms. The molecule has 15 heteroatoms. The molecule has 2 aliphatic rings. The zero-order valence-electron chi connectivity index (χ0n) is 30.5. The standard InChI is InChI=1S/C35H64N6O9/c1-22(2)10-11-25(49-34-33(46)31(32(45)24(5)48-34)40(14-7-12-36)15-8-13-37)17-29-30(26(42)9-6-16-41-21-38-20-39-41)28(44)19-35(47,50-29)18-27(43)23(3)4/h10-11,20-25,27-34,43-47H,6-9,12-19,36-37H2,1-5H3/b11-10+/t24?,25-,27+,28-,29?,30+,31?,32?,33?,34?,35+/m0/s1. The summed E-state index contributed by atoms with van der Waals surface area (Å²) in [6.07, 6.45) is 0.184. The molecular weight excluding hydrogens is 648 g/mol. The van der Waals surface area contributed by atoms with Gasteiger partial charge in [-0.3, -0.25) is 14.4 Å². The van der Waals surface area contributed by atoms with E-state index in [1.165, 1.54) is 6.33 Å². The maximum absolute atomic E-state index is 13.8. The van der Waals surface area contributed by atoms with E-state index in [0.29, 0.717) is 52.0 Å². The highest BCUT2D eigenvalue weighted by molar-refractivity contribution is 5.82. The molecule has 3 heterocycles. The average molecular weight is 713 g/mol. The molecule has 0 aromatic carbocycles. The third-order valence-corrected chi connectivity index (χ3v) is 9.67. The highest BCUT2D eigenvalue weighted by atomic mass is 16.7. The molecule has 9 N–H and O–H groups in total. The summed E-state index contributed by atoms with van der Waals surface area (Å²) in [5.41, 5.74) is 11.6. The molecule has 15 nitrogen and oxygen atoms in total. The summed E-state index contributed by atoms with van der Waals surface area (Å²) in [5.74, 6) is -3.17. The molecule has 6 unspecified atom stereocenters. The Morgan fingerprint density at radius 1 is 1.10 bits per heavy atom. The van der Waals surface area contributed by atoms with Gasteiger partial charge in [0, 0.05) is 32.2 Å². The maximum Gasteiger partial charge on any atom is 0.186 e. The average Bonchev–Trinajstić information content (AvgIpc) is 3.56. The van der Waals surface area contributed by atoms with Crippen LogP contribution in [0, 0.1) is 17.8 Å². The van der Waals surface area contributed by atoms with Crippen LogP contribution in [0.3, 0.4) is 0 Å². The first-order valence-corrected chi connectivity index (χ1v) is 18.3. The summed E-state index contributed by atoms with van der Waals surface area (Å²) in [6, 6.07) is -0.716. The largest absolute Gasteiger partial charge is 0.393 e. The number of nitrogens with zero attached hydrogens (tertiary/aromatic N) is 4. The number of aryl methyl sites for hydroxylation is 1. The fourth-order valence-corrected chi connectivity index (χ4v) is 6.83. The molecule has 2 saturated heterocycles. The summed E-state index contributed by atoms with van der Waals surface area (Å²) in [5, 5.41) is 60.6. The van der Waals surface area contributed by atoms with Crippen LogP contribution in [0.15, 0.2) is 24.8 Å². The number of carbonyl (C=O) groups excluding carboxylic acids is 1. The zero-order valence-corrected chi connectivity index (χ0v) is 30.5. The van der Waals surface area contributed by atoms with Crippen LogP contribution >= 0.6 is 0 Å². The predicted molar refractivity (Wildman–Crippen MR) is 186 cm³/mol. The monoisotopic (exact) mass is 712 g/mol. The minimum Gasteiger partial charge on any atom is -0.393 e. The number of aliphatic hydroxyl groups is 5. The van der Waals surface area contributed by atoms with E-state index in [1.807, 2.05) is 44.7 Å². The van der Waals surface area contributed by atoms with E-state index in [9.17, 15) is 30.3 Å². The molecule has 0 aliphatic carbocycles. The molecule has 2 fully saturated rings. The molecule has 1 aromatic rings. The van der Waals surface area contributed by atoms with Crippen LogP contribution in [-0.4, -0.2) is 138 Å². The van der Waals surface area contributed by atoms with Crippen LogP contribution in [0.4, 0.5) is 0 Å². The first-order chi connectivity index (χ1) is 23.7. The van der Waals surface area contributed by atoms with Gasteiger partial charge in [-0.05, 0) is 64.2 Å². The number of hydrogen-bond donors (Lipinski definition) is 7. The molecule has 0 radical (unpaired) electrons.